The number of nitrogens with one attached hydrogen (secondary N) is 3. The van der Waals surface area contributed by atoms with Crippen molar-refractivity contribution in [2.75, 3.05) is 73.6 Å². The van der Waals surface area contributed by atoms with Crippen LogP contribution in [0.1, 0.15) is 42.9 Å². The van der Waals surface area contributed by atoms with Crippen LogP contribution in [-0.2, 0) is 35.7 Å². The molecule has 2 aromatic heterocycles. The number of para-hydroxylation sites is 1. The maximum atomic E-state index is 13.0. The number of anilines is 6. The first kappa shape index (κ1) is 44.1. The van der Waals surface area contributed by atoms with Gasteiger partial charge in [0.2, 0.25) is 11.9 Å². The summed E-state index contributed by atoms with van der Waals surface area (Å²) in [6, 6.07) is 24.0. The zero-order valence-electron chi connectivity index (χ0n) is 37.4. The Hall–Kier alpha value is -6.15. The molecule has 3 aliphatic rings. The molecular weight excluding hydrogens is 863 g/mol. The lowest BCUT2D eigenvalue weighted by Crippen LogP contribution is -2.49. The van der Waals surface area contributed by atoms with Crippen LogP contribution in [0.4, 0.5) is 39.4 Å². The molecule has 0 spiro atoms. The number of ether oxygens (including phenoxy) is 2. The van der Waals surface area contributed by atoms with Crippen LogP contribution in [0.2, 0.25) is 5.02 Å². The van der Waals surface area contributed by atoms with Crippen molar-refractivity contribution in [1.29, 1.82) is 0 Å². The first-order chi connectivity index (χ1) is 31.3. The molecule has 6 aromatic rings. The number of rotatable bonds is 12. The molecule has 0 unspecified atom stereocenters. The monoisotopic (exact) mass is 916 g/mol. The van der Waals surface area contributed by atoms with E-state index < -0.39 is 13.2 Å². The van der Waals surface area contributed by atoms with E-state index in [-0.39, 0.29) is 18.9 Å². The lowest BCUT2D eigenvalue weighted by molar-refractivity contribution is -0.120. The molecule has 338 valence electrons. The molecule has 0 bridgehead atoms. The quantitative estimate of drug-likeness (QED) is 0.101. The van der Waals surface area contributed by atoms with Gasteiger partial charge in [0.05, 0.1) is 30.2 Å². The minimum atomic E-state index is -2.56. The van der Waals surface area contributed by atoms with Crippen LogP contribution in [0.25, 0.3) is 10.9 Å². The summed E-state index contributed by atoms with van der Waals surface area (Å²) in [6.45, 7) is 9.84. The summed E-state index contributed by atoms with van der Waals surface area (Å²) < 4.78 is 27.1. The van der Waals surface area contributed by atoms with Gasteiger partial charge in [-0.3, -0.25) is 24.6 Å². The topological polar surface area (TPSA) is 159 Å². The smallest absolute Gasteiger partial charge is 0.329 e. The summed E-state index contributed by atoms with van der Waals surface area (Å²) in [4.78, 5) is 40.1. The number of urea groups is 1. The van der Waals surface area contributed by atoms with Gasteiger partial charge in [0.1, 0.15) is 29.4 Å². The maximum absolute atomic E-state index is 13.0. The molecule has 17 heteroatoms. The van der Waals surface area contributed by atoms with Crippen LogP contribution < -0.4 is 40.5 Å². The standard InChI is InChI=1S/C48H54ClN10O5P/c1-6-30-26-39(52-47-50-29-37(49)45(54-47)51-38-9-7-8-10-43(38)65(4,5)62)42(63-3)28-40(30)58-22-17-33(18-23-58)57-20-15-31-11-12-34(25-32(31)16-21-57)64-35-13-14-36-41(27-35)56(2)55-46(36)59-24-19-44(60)53-48(59)61/h7-14,25-29,33H,6,15-24H2,1-5H3,(H,53,60,61)(H2,50,51,52,54). The second-order valence-corrected chi connectivity index (χ2v) is 20.8. The average Bonchev–Trinajstić information content (AvgIpc) is 3.46. The zero-order chi connectivity index (χ0) is 45.4. The Labute approximate surface area is 383 Å². The molecule has 0 aliphatic carbocycles. The van der Waals surface area contributed by atoms with Gasteiger partial charge in [-0.05, 0) is 105 Å². The van der Waals surface area contributed by atoms with Crippen molar-refractivity contribution in [3.63, 3.8) is 0 Å². The Morgan fingerprint density at radius 1 is 0.877 bits per heavy atom. The van der Waals surface area contributed by atoms with E-state index in [1.807, 2.05) is 49.5 Å². The summed E-state index contributed by atoms with van der Waals surface area (Å²) in [5.74, 6) is 3.17. The first-order valence-corrected chi connectivity index (χ1v) is 25.1. The predicted molar refractivity (Wildman–Crippen MR) is 258 cm³/mol. The highest BCUT2D eigenvalue weighted by Gasteiger charge is 2.30. The number of fused-ring (bicyclic) bond motifs is 2. The number of carbonyl (C=O) groups excluding carboxylic acids is 2. The molecule has 3 amide bonds. The SMILES string of the molecule is CCc1cc(Nc2ncc(Cl)c(Nc3ccccc3P(C)(C)=O)n2)c(OC)cc1N1CCC(N2CCc3ccc(Oc4ccc5c(N6CCC(=O)NC6=O)nn(C)c5c4)cc3CC2)CC1. The molecule has 65 heavy (non-hydrogen) atoms. The molecule has 0 atom stereocenters. The zero-order valence-corrected chi connectivity index (χ0v) is 39.0. The molecule has 2 fully saturated rings. The van der Waals surface area contributed by atoms with E-state index in [1.165, 1.54) is 27.3 Å². The Morgan fingerprint density at radius 2 is 1.63 bits per heavy atom. The number of aromatic nitrogens is 4. The molecule has 3 N–H and O–H groups in total. The van der Waals surface area contributed by atoms with E-state index in [2.05, 4.69) is 73.1 Å². The van der Waals surface area contributed by atoms with Crippen LogP contribution in [-0.4, -0.2) is 95.8 Å². The van der Waals surface area contributed by atoms with Crippen LogP contribution in [0.15, 0.2) is 79.0 Å². The van der Waals surface area contributed by atoms with Crippen molar-refractivity contribution >= 4 is 81.5 Å². The van der Waals surface area contributed by atoms with Gasteiger partial charge in [-0.25, -0.2) is 9.78 Å². The molecule has 3 aliphatic heterocycles. The molecule has 15 nitrogen and oxygen atoms in total. The number of nitrogens with zero attached hydrogens (tertiary/aromatic N) is 7. The number of piperidine rings is 1. The van der Waals surface area contributed by atoms with E-state index in [1.54, 1.807) is 31.3 Å². The average molecular weight is 917 g/mol. The molecule has 4 aromatic carbocycles. The van der Waals surface area contributed by atoms with Crippen molar-refractivity contribution in [1.82, 2.24) is 30.0 Å². The normalized spacial score (nSPS) is 16.3. The van der Waals surface area contributed by atoms with Gasteiger partial charge in [-0.1, -0.05) is 36.7 Å². The number of hydrogen-bond donors (Lipinski definition) is 3. The van der Waals surface area contributed by atoms with Gasteiger partial charge < -0.3 is 29.6 Å². The Kier molecular flexibility index (Phi) is 12.5. The molecule has 0 radical (unpaired) electrons. The lowest BCUT2D eigenvalue weighted by atomic mass is 9.99. The number of imide groups is 1. The van der Waals surface area contributed by atoms with E-state index >= 15 is 0 Å². The highest BCUT2D eigenvalue weighted by Crippen LogP contribution is 2.40. The van der Waals surface area contributed by atoms with E-state index in [0.29, 0.717) is 45.8 Å². The number of aryl methyl sites for hydroxylation is 2. The van der Waals surface area contributed by atoms with Crippen LogP contribution in [0.3, 0.4) is 0 Å². The molecule has 5 heterocycles. The number of carbonyl (C=O) groups is 2. The fourth-order valence-corrected chi connectivity index (χ4v) is 10.6. The van der Waals surface area contributed by atoms with Crippen molar-refractivity contribution < 1.29 is 23.6 Å². The van der Waals surface area contributed by atoms with Crippen molar-refractivity contribution in [3.8, 4) is 17.2 Å². The van der Waals surface area contributed by atoms with Gasteiger partial charge in [-0.2, -0.15) is 10.1 Å². The molecule has 0 saturated carbocycles. The van der Waals surface area contributed by atoms with Gasteiger partial charge in [-0.15, -0.1) is 0 Å². The minimum absolute atomic E-state index is 0.235. The number of benzene rings is 4. The Balaban J connectivity index is 0.827. The largest absolute Gasteiger partial charge is 0.494 e. The molecule has 9 rings (SSSR count). The lowest BCUT2D eigenvalue weighted by Gasteiger charge is -2.40. The second-order valence-electron chi connectivity index (χ2n) is 17.2. The predicted octanol–water partition coefficient (Wildman–Crippen LogP) is 8.63. The molecule has 2 saturated heterocycles. The maximum Gasteiger partial charge on any atom is 0.329 e. The highest BCUT2D eigenvalue weighted by atomic mass is 35.5. The van der Waals surface area contributed by atoms with Gasteiger partial charge in [0.15, 0.2) is 11.6 Å². The third-order valence-corrected chi connectivity index (χ3v) is 14.5. The van der Waals surface area contributed by atoms with E-state index in [0.717, 1.165) is 85.9 Å². The van der Waals surface area contributed by atoms with Gasteiger partial charge in [0, 0.05) is 80.7 Å². The summed E-state index contributed by atoms with van der Waals surface area (Å²) in [7, 11) is 0.955. The second kappa shape index (κ2) is 18.4. The third kappa shape index (κ3) is 9.36. The Morgan fingerprint density at radius 3 is 2.38 bits per heavy atom. The number of amides is 3. The van der Waals surface area contributed by atoms with Crippen molar-refractivity contribution in [2.45, 2.75) is 51.5 Å². The van der Waals surface area contributed by atoms with Crippen LogP contribution in [0.5, 0.6) is 17.2 Å². The van der Waals surface area contributed by atoms with Crippen LogP contribution >= 0.6 is 18.7 Å². The first-order valence-electron chi connectivity index (χ1n) is 22.1. The van der Waals surface area contributed by atoms with Crippen molar-refractivity contribution in [3.05, 3.63) is 101 Å². The minimum Gasteiger partial charge on any atom is -0.494 e. The number of hydrogen-bond acceptors (Lipinski definition) is 12. The highest BCUT2D eigenvalue weighted by molar-refractivity contribution is 7.70. The summed E-state index contributed by atoms with van der Waals surface area (Å²) in [5.41, 5.74) is 7.34. The summed E-state index contributed by atoms with van der Waals surface area (Å²) in [6.07, 6.45) is 6.70. The summed E-state index contributed by atoms with van der Waals surface area (Å²) >= 11 is 6.55. The number of methoxy groups -OCH3 is 1. The van der Waals surface area contributed by atoms with Gasteiger partial charge in [0.25, 0.3) is 0 Å². The van der Waals surface area contributed by atoms with Crippen LogP contribution in [0, 0.1) is 0 Å². The fourth-order valence-electron chi connectivity index (χ4n) is 9.27. The number of halogens is 1. The van der Waals surface area contributed by atoms with Gasteiger partial charge >= 0.3 is 6.03 Å². The third-order valence-electron chi connectivity index (χ3n) is 12.7. The van der Waals surface area contributed by atoms with E-state index in [4.69, 9.17) is 26.1 Å². The molecular formula is C48H54ClN10O5P. The van der Waals surface area contributed by atoms with Crippen molar-refractivity contribution in [2.24, 2.45) is 7.05 Å². The summed E-state index contributed by atoms with van der Waals surface area (Å²) in [5, 5.41) is 15.5. The fraction of sp³-hybridized carbons (Fsp3) is 0.354. The van der Waals surface area contributed by atoms with E-state index in [9.17, 15) is 14.2 Å². The Bertz CT molecular complexity index is 2840.